The van der Waals surface area contributed by atoms with Gasteiger partial charge in [0.05, 0.1) is 16.1 Å². The second-order valence-corrected chi connectivity index (χ2v) is 6.96. The fourth-order valence-corrected chi connectivity index (χ4v) is 3.69. The van der Waals surface area contributed by atoms with Gasteiger partial charge in [0.1, 0.15) is 6.33 Å². The summed E-state index contributed by atoms with van der Waals surface area (Å²) in [5.74, 6) is 1.36. The van der Waals surface area contributed by atoms with Crippen molar-refractivity contribution in [3.8, 4) is 11.5 Å². The average Bonchev–Trinajstić information content (AvgIpc) is 3.34. The molecule has 0 atom stereocenters. The Morgan fingerprint density at radius 1 is 1.32 bits per heavy atom. The van der Waals surface area contributed by atoms with E-state index in [4.69, 9.17) is 4.42 Å². The molecule has 0 N–H and O–H groups in total. The van der Waals surface area contributed by atoms with Crippen LogP contribution in [0.15, 0.2) is 34.5 Å². The zero-order valence-electron chi connectivity index (χ0n) is 13.8. The van der Waals surface area contributed by atoms with Gasteiger partial charge in [-0.25, -0.2) is 9.97 Å². The second kappa shape index (κ2) is 6.72. The first-order valence-electron chi connectivity index (χ1n) is 8.15. The molecule has 25 heavy (non-hydrogen) atoms. The zero-order valence-corrected chi connectivity index (χ0v) is 14.6. The van der Waals surface area contributed by atoms with Gasteiger partial charge in [-0.2, -0.15) is 0 Å². The maximum Gasteiger partial charge on any atom is 0.263 e. The standard InChI is InChI=1S/C17H17N5O2S/c1-11-13(9-18-10-19-11)16-21-20-15(24-16)12-4-6-22(7-5-12)17(23)14-3-2-8-25-14/h2-3,8-10,12H,4-7H2,1H3. The number of likely N-dealkylation sites (tertiary alicyclic amines) is 1. The minimum absolute atomic E-state index is 0.108. The molecular formula is C17H17N5O2S. The van der Waals surface area contributed by atoms with Crippen LogP contribution in [0.2, 0.25) is 0 Å². The summed E-state index contributed by atoms with van der Waals surface area (Å²) in [5.41, 5.74) is 1.56. The van der Waals surface area contributed by atoms with E-state index < -0.39 is 0 Å². The van der Waals surface area contributed by atoms with Crippen molar-refractivity contribution in [2.45, 2.75) is 25.7 Å². The molecular weight excluding hydrogens is 338 g/mol. The lowest BCUT2D eigenvalue weighted by Gasteiger charge is -2.30. The topological polar surface area (TPSA) is 85.0 Å². The Hall–Kier alpha value is -2.61. The molecule has 0 aliphatic carbocycles. The third-order valence-corrected chi connectivity index (χ3v) is 5.30. The Kier molecular flexibility index (Phi) is 4.27. The predicted octanol–water partition coefficient (Wildman–Crippen LogP) is 2.92. The van der Waals surface area contributed by atoms with Gasteiger partial charge in [-0.1, -0.05) is 6.07 Å². The van der Waals surface area contributed by atoms with Gasteiger partial charge >= 0.3 is 0 Å². The number of aryl methyl sites for hydroxylation is 1. The molecule has 7 nitrogen and oxygen atoms in total. The SMILES string of the molecule is Cc1ncncc1-c1nnc(C2CCN(C(=O)c3cccs3)CC2)o1. The van der Waals surface area contributed by atoms with Crippen molar-refractivity contribution in [2.75, 3.05) is 13.1 Å². The summed E-state index contributed by atoms with van der Waals surface area (Å²) in [6, 6.07) is 3.77. The number of hydrogen-bond acceptors (Lipinski definition) is 7. The van der Waals surface area contributed by atoms with E-state index in [1.165, 1.54) is 17.7 Å². The smallest absolute Gasteiger partial charge is 0.263 e. The van der Waals surface area contributed by atoms with Crippen molar-refractivity contribution in [3.63, 3.8) is 0 Å². The molecule has 8 heteroatoms. The summed E-state index contributed by atoms with van der Waals surface area (Å²) in [7, 11) is 0. The fourth-order valence-electron chi connectivity index (χ4n) is 2.99. The number of carbonyl (C=O) groups excluding carboxylic acids is 1. The lowest BCUT2D eigenvalue weighted by molar-refractivity contribution is 0.0711. The Morgan fingerprint density at radius 3 is 2.88 bits per heavy atom. The summed E-state index contributed by atoms with van der Waals surface area (Å²) in [6.45, 7) is 3.29. The molecule has 1 amide bonds. The van der Waals surface area contributed by atoms with Gasteiger partial charge in [0.25, 0.3) is 11.8 Å². The second-order valence-electron chi connectivity index (χ2n) is 6.01. The van der Waals surface area contributed by atoms with E-state index in [2.05, 4.69) is 20.2 Å². The van der Waals surface area contributed by atoms with Crippen LogP contribution in [0.1, 0.15) is 40.0 Å². The number of hydrogen-bond donors (Lipinski definition) is 0. The van der Waals surface area contributed by atoms with E-state index in [-0.39, 0.29) is 11.8 Å². The van der Waals surface area contributed by atoms with E-state index in [1.807, 2.05) is 29.3 Å². The van der Waals surface area contributed by atoms with Crippen molar-refractivity contribution in [1.29, 1.82) is 0 Å². The minimum Gasteiger partial charge on any atom is -0.420 e. The van der Waals surface area contributed by atoms with Crippen LogP contribution in [0.5, 0.6) is 0 Å². The number of amides is 1. The van der Waals surface area contributed by atoms with Crippen LogP contribution in [-0.4, -0.2) is 44.1 Å². The van der Waals surface area contributed by atoms with Gasteiger partial charge < -0.3 is 9.32 Å². The largest absolute Gasteiger partial charge is 0.420 e. The molecule has 1 saturated heterocycles. The van der Waals surface area contributed by atoms with Crippen molar-refractivity contribution in [2.24, 2.45) is 0 Å². The quantitative estimate of drug-likeness (QED) is 0.718. The van der Waals surface area contributed by atoms with Crippen molar-refractivity contribution in [1.82, 2.24) is 25.1 Å². The number of aromatic nitrogens is 4. The monoisotopic (exact) mass is 355 g/mol. The normalized spacial score (nSPS) is 15.5. The van der Waals surface area contributed by atoms with Crippen LogP contribution in [0.25, 0.3) is 11.5 Å². The molecule has 3 aromatic heterocycles. The number of piperidine rings is 1. The van der Waals surface area contributed by atoms with Crippen molar-refractivity contribution >= 4 is 17.2 Å². The molecule has 1 aliphatic rings. The number of carbonyl (C=O) groups is 1. The van der Waals surface area contributed by atoms with E-state index in [1.54, 1.807) is 6.20 Å². The molecule has 1 aliphatic heterocycles. The van der Waals surface area contributed by atoms with E-state index >= 15 is 0 Å². The van der Waals surface area contributed by atoms with E-state index in [0.717, 1.165) is 29.0 Å². The third kappa shape index (κ3) is 3.17. The molecule has 0 aromatic carbocycles. The number of nitrogens with zero attached hydrogens (tertiary/aromatic N) is 5. The fraction of sp³-hybridized carbons (Fsp3) is 0.353. The molecule has 0 spiro atoms. The predicted molar refractivity (Wildman–Crippen MR) is 92.3 cm³/mol. The van der Waals surface area contributed by atoms with Crippen LogP contribution in [0.3, 0.4) is 0 Å². The lowest BCUT2D eigenvalue weighted by atomic mass is 9.97. The van der Waals surface area contributed by atoms with Crippen LogP contribution < -0.4 is 0 Å². The first-order valence-corrected chi connectivity index (χ1v) is 9.03. The maximum absolute atomic E-state index is 12.4. The zero-order chi connectivity index (χ0) is 17.2. The highest BCUT2D eigenvalue weighted by Crippen LogP contribution is 2.30. The van der Waals surface area contributed by atoms with Gasteiger partial charge in [-0.15, -0.1) is 21.5 Å². The molecule has 4 heterocycles. The Balaban J connectivity index is 1.43. The molecule has 0 saturated carbocycles. The Bertz CT molecular complexity index is 869. The van der Waals surface area contributed by atoms with E-state index in [9.17, 15) is 4.79 Å². The van der Waals surface area contributed by atoms with Gasteiger partial charge in [-0.05, 0) is 31.2 Å². The highest BCUT2D eigenvalue weighted by Gasteiger charge is 2.28. The summed E-state index contributed by atoms with van der Waals surface area (Å²) < 4.78 is 5.85. The first-order chi connectivity index (χ1) is 12.2. The molecule has 4 rings (SSSR count). The summed E-state index contributed by atoms with van der Waals surface area (Å²) in [5, 5.41) is 10.3. The average molecular weight is 355 g/mol. The molecule has 1 fully saturated rings. The van der Waals surface area contributed by atoms with Crippen LogP contribution in [0.4, 0.5) is 0 Å². The van der Waals surface area contributed by atoms with E-state index in [0.29, 0.717) is 24.9 Å². The highest BCUT2D eigenvalue weighted by molar-refractivity contribution is 7.12. The van der Waals surface area contributed by atoms with Gasteiger partial charge in [0.2, 0.25) is 5.89 Å². The minimum atomic E-state index is 0.108. The van der Waals surface area contributed by atoms with Crippen molar-refractivity contribution < 1.29 is 9.21 Å². The third-order valence-electron chi connectivity index (χ3n) is 4.45. The lowest BCUT2D eigenvalue weighted by Crippen LogP contribution is -2.37. The first kappa shape index (κ1) is 15.9. The van der Waals surface area contributed by atoms with Crippen LogP contribution in [-0.2, 0) is 0 Å². The summed E-state index contributed by atoms with van der Waals surface area (Å²) >= 11 is 1.48. The molecule has 3 aromatic rings. The summed E-state index contributed by atoms with van der Waals surface area (Å²) in [4.78, 5) is 23.3. The molecule has 0 unspecified atom stereocenters. The summed E-state index contributed by atoms with van der Waals surface area (Å²) in [6.07, 6.45) is 4.82. The Labute approximate surface area is 148 Å². The molecule has 128 valence electrons. The number of rotatable bonds is 3. The Morgan fingerprint density at radius 2 is 2.16 bits per heavy atom. The van der Waals surface area contributed by atoms with Crippen LogP contribution in [0, 0.1) is 6.92 Å². The maximum atomic E-state index is 12.4. The molecule has 0 radical (unpaired) electrons. The van der Waals surface area contributed by atoms with Crippen molar-refractivity contribution in [3.05, 3.63) is 46.5 Å². The van der Waals surface area contributed by atoms with Crippen LogP contribution >= 0.6 is 11.3 Å². The number of thiophene rings is 1. The van der Waals surface area contributed by atoms with Gasteiger partial charge in [0.15, 0.2) is 0 Å². The molecule has 0 bridgehead atoms. The van der Waals surface area contributed by atoms with Gasteiger partial charge in [0, 0.05) is 25.2 Å². The highest BCUT2D eigenvalue weighted by atomic mass is 32.1. The van der Waals surface area contributed by atoms with Gasteiger partial charge in [-0.3, -0.25) is 4.79 Å².